The van der Waals surface area contributed by atoms with Crippen LogP contribution in [0.5, 0.6) is 0 Å². The smallest absolute Gasteiger partial charge is 0.111 e. The van der Waals surface area contributed by atoms with Crippen molar-refractivity contribution < 1.29 is 14.2 Å². The maximum absolute atomic E-state index is 5.32. The summed E-state index contributed by atoms with van der Waals surface area (Å²) in [7, 11) is 4.04. The third-order valence-corrected chi connectivity index (χ3v) is 1.52. The first-order chi connectivity index (χ1) is 6.77. The van der Waals surface area contributed by atoms with E-state index in [1.165, 1.54) is 6.26 Å². The van der Waals surface area contributed by atoms with E-state index in [0.717, 1.165) is 13.2 Å². The second-order valence-corrected chi connectivity index (χ2v) is 3.07. The minimum Gasteiger partial charge on any atom is -0.499 e. The lowest BCUT2D eigenvalue weighted by molar-refractivity contribution is 0.0273. The predicted octanol–water partition coefficient (Wildman–Crippen LogP) is 0.741. The number of rotatable bonds is 10. The number of likely N-dealkylation sites (N-methyl/N-ethyl adjacent to an activating group) is 1. The van der Waals surface area contributed by atoms with E-state index in [1.54, 1.807) is 0 Å². The largest absolute Gasteiger partial charge is 0.499 e. The second kappa shape index (κ2) is 10.5. The van der Waals surface area contributed by atoms with Crippen molar-refractivity contribution in [3.05, 3.63) is 12.8 Å². The highest BCUT2D eigenvalue weighted by atomic mass is 16.5. The lowest BCUT2D eigenvalue weighted by atomic mass is 10.6. The Kier molecular flexibility index (Phi) is 10.1. The molecule has 0 spiro atoms. The Balaban J connectivity index is 2.88. The van der Waals surface area contributed by atoms with Crippen molar-refractivity contribution in [1.29, 1.82) is 0 Å². The molecule has 0 aliphatic heterocycles. The summed E-state index contributed by atoms with van der Waals surface area (Å²) in [5, 5.41) is 0. The molecular formula is C10H21NO3. The maximum atomic E-state index is 5.32. The zero-order valence-corrected chi connectivity index (χ0v) is 9.20. The van der Waals surface area contributed by atoms with Crippen LogP contribution in [0.4, 0.5) is 0 Å². The highest BCUT2D eigenvalue weighted by molar-refractivity contribution is 4.47. The van der Waals surface area contributed by atoms with Crippen LogP contribution in [-0.2, 0) is 14.2 Å². The Labute approximate surface area is 86.4 Å². The van der Waals surface area contributed by atoms with Gasteiger partial charge in [0.2, 0.25) is 0 Å². The SMILES string of the molecule is C=COCCOCCOCCN(C)C. The quantitative estimate of drug-likeness (QED) is 0.387. The van der Waals surface area contributed by atoms with Gasteiger partial charge in [-0.2, -0.15) is 0 Å². The summed E-state index contributed by atoms with van der Waals surface area (Å²) in [5.74, 6) is 0. The van der Waals surface area contributed by atoms with Gasteiger partial charge in [0.05, 0.1) is 32.7 Å². The average molecular weight is 203 g/mol. The monoisotopic (exact) mass is 203 g/mol. The Hall–Kier alpha value is -0.580. The molecule has 0 N–H and O–H groups in total. The molecule has 0 unspecified atom stereocenters. The Morgan fingerprint density at radius 1 is 1.00 bits per heavy atom. The number of hydrogen-bond acceptors (Lipinski definition) is 4. The van der Waals surface area contributed by atoms with Crippen LogP contribution in [0.25, 0.3) is 0 Å². The van der Waals surface area contributed by atoms with Gasteiger partial charge in [-0.05, 0) is 14.1 Å². The lowest BCUT2D eigenvalue weighted by Gasteiger charge is -2.09. The molecule has 0 saturated heterocycles. The van der Waals surface area contributed by atoms with Crippen molar-refractivity contribution >= 4 is 0 Å². The van der Waals surface area contributed by atoms with E-state index in [0.29, 0.717) is 26.4 Å². The van der Waals surface area contributed by atoms with Gasteiger partial charge in [-0.25, -0.2) is 0 Å². The van der Waals surface area contributed by atoms with Gasteiger partial charge in [-0.1, -0.05) is 6.58 Å². The summed E-state index contributed by atoms with van der Waals surface area (Å²) < 4.78 is 15.4. The summed E-state index contributed by atoms with van der Waals surface area (Å²) in [6.45, 7) is 7.52. The van der Waals surface area contributed by atoms with Crippen molar-refractivity contribution in [3.8, 4) is 0 Å². The molecule has 0 rings (SSSR count). The van der Waals surface area contributed by atoms with Gasteiger partial charge in [-0.3, -0.25) is 0 Å². The first kappa shape index (κ1) is 13.4. The first-order valence-corrected chi connectivity index (χ1v) is 4.80. The van der Waals surface area contributed by atoms with E-state index in [1.807, 2.05) is 14.1 Å². The van der Waals surface area contributed by atoms with Crippen molar-refractivity contribution in [2.45, 2.75) is 0 Å². The first-order valence-electron chi connectivity index (χ1n) is 4.80. The van der Waals surface area contributed by atoms with Crippen LogP contribution in [0.15, 0.2) is 12.8 Å². The minimum atomic E-state index is 0.557. The molecule has 0 saturated carbocycles. The lowest BCUT2D eigenvalue weighted by Crippen LogP contribution is -2.19. The highest BCUT2D eigenvalue weighted by Crippen LogP contribution is 1.82. The zero-order chi connectivity index (χ0) is 10.6. The summed E-state index contributed by atoms with van der Waals surface area (Å²) in [5.41, 5.74) is 0. The molecule has 0 fully saturated rings. The molecule has 4 nitrogen and oxygen atoms in total. The van der Waals surface area contributed by atoms with Crippen LogP contribution in [0.1, 0.15) is 0 Å². The van der Waals surface area contributed by atoms with E-state index in [2.05, 4.69) is 11.5 Å². The molecule has 0 atom stereocenters. The Bertz CT molecular complexity index is 129. The molecule has 0 radical (unpaired) electrons. The summed E-state index contributed by atoms with van der Waals surface area (Å²) in [6.07, 6.45) is 1.41. The van der Waals surface area contributed by atoms with Crippen LogP contribution < -0.4 is 0 Å². The van der Waals surface area contributed by atoms with Crippen molar-refractivity contribution in [2.75, 3.05) is 53.7 Å². The van der Waals surface area contributed by atoms with Gasteiger partial charge >= 0.3 is 0 Å². The van der Waals surface area contributed by atoms with Gasteiger partial charge in [0.25, 0.3) is 0 Å². The van der Waals surface area contributed by atoms with Gasteiger partial charge in [-0.15, -0.1) is 0 Å². The normalized spacial score (nSPS) is 10.5. The van der Waals surface area contributed by atoms with Crippen molar-refractivity contribution in [1.82, 2.24) is 4.90 Å². The van der Waals surface area contributed by atoms with E-state index in [-0.39, 0.29) is 0 Å². The number of ether oxygens (including phenoxy) is 3. The van der Waals surface area contributed by atoms with E-state index >= 15 is 0 Å². The summed E-state index contributed by atoms with van der Waals surface area (Å²) >= 11 is 0. The third-order valence-electron chi connectivity index (χ3n) is 1.52. The van der Waals surface area contributed by atoms with E-state index in [9.17, 15) is 0 Å². The predicted molar refractivity (Wildman–Crippen MR) is 56.3 cm³/mol. The molecule has 0 aromatic heterocycles. The Morgan fingerprint density at radius 3 is 2.14 bits per heavy atom. The minimum absolute atomic E-state index is 0.557. The molecule has 14 heavy (non-hydrogen) atoms. The average Bonchev–Trinajstić information content (AvgIpc) is 2.15. The van der Waals surface area contributed by atoms with Gasteiger partial charge in [0.15, 0.2) is 0 Å². The second-order valence-electron chi connectivity index (χ2n) is 3.07. The summed E-state index contributed by atoms with van der Waals surface area (Å²) in [4.78, 5) is 2.08. The molecule has 84 valence electrons. The van der Waals surface area contributed by atoms with Gasteiger partial charge < -0.3 is 19.1 Å². The molecule has 0 amide bonds. The molecular weight excluding hydrogens is 182 g/mol. The van der Waals surface area contributed by atoms with Gasteiger partial charge in [0, 0.05) is 6.54 Å². The molecule has 0 aliphatic carbocycles. The van der Waals surface area contributed by atoms with Gasteiger partial charge in [0.1, 0.15) is 6.61 Å². The van der Waals surface area contributed by atoms with Crippen LogP contribution in [0.3, 0.4) is 0 Å². The fourth-order valence-corrected chi connectivity index (χ4v) is 0.759. The zero-order valence-electron chi connectivity index (χ0n) is 9.20. The number of hydrogen-bond donors (Lipinski definition) is 0. The molecule has 0 aliphatic rings. The van der Waals surface area contributed by atoms with Crippen LogP contribution in [-0.4, -0.2) is 58.6 Å². The molecule has 0 aromatic carbocycles. The molecule has 0 bridgehead atoms. The van der Waals surface area contributed by atoms with Crippen molar-refractivity contribution in [2.24, 2.45) is 0 Å². The van der Waals surface area contributed by atoms with Crippen LogP contribution in [0.2, 0.25) is 0 Å². The number of nitrogens with zero attached hydrogens (tertiary/aromatic N) is 1. The fourth-order valence-electron chi connectivity index (χ4n) is 0.759. The van der Waals surface area contributed by atoms with Crippen LogP contribution >= 0.6 is 0 Å². The molecule has 0 heterocycles. The maximum Gasteiger partial charge on any atom is 0.111 e. The highest BCUT2D eigenvalue weighted by Gasteiger charge is 1.91. The third kappa shape index (κ3) is 11.4. The fraction of sp³-hybridized carbons (Fsp3) is 0.800. The van der Waals surface area contributed by atoms with E-state index < -0.39 is 0 Å². The molecule has 4 heteroatoms. The Morgan fingerprint density at radius 2 is 1.57 bits per heavy atom. The standard InChI is InChI=1S/C10H21NO3/c1-4-12-7-8-14-10-9-13-6-5-11(2)3/h4H,1,5-10H2,2-3H3. The molecule has 0 aromatic rings. The van der Waals surface area contributed by atoms with E-state index in [4.69, 9.17) is 14.2 Å². The van der Waals surface area contributed by atoms with Crippen LogP contribution in [0, 0.1) is 0 Å². The topological polar surface area (TPSA) is 30.9 Å². The van der Waals surface area contributed by atoms with Crippen molar-refractivity contribution in [3.63, 3.8) is 0 Å². The summed E-state index contributed by atoms with van der Waals surface area (Å²) in [6, 6.07) is 0.